The number of aryl methyl sites for hydroxylation is 3. The topological polar surface area (TPSA) is 44.8 Å². The van der Waals surface area contributed by atoms with Gasteiger partial charge in [0, 0.05) is 7.11 Å². The number of phosphoric ester groups is 1. The minimum Gasteiger partial charge on any atom is -0.403 e. The van der Waals surface area contributed by atoms with Crippen molar-refractivity contribution in [2.75, 3.05) is 41.4 Å². The molecule has 5 nitrogen and oxygen atoms in total. The summed E-state index contributed by atoms with van der Waals surface area (Å²) in [7, 11) is 3.92. The van der Waals surface area contributed by atoms with Gasteiger partial charge in [0.05, 0.1) is 21.1 Å². The van der Waals surface area contributed by atoms with Gasteiger partial charge in [0.15, 0.2) is 0 Å². The van der Waals surface area contributed by atoms with Gasteiger partial charge in [0.2, 0.25) is 0 Å². The van der Waals surface area contributed by atoms with Crippen LogP contribution in [0.1, 0.15) is 114 Å². The summed E-state index contributed by atoms with van der Waals surface area (Å²) in [6.45, 7) is 7.31. The first kappa shape index (κ1) is 33.2. The van der Waals surface area contributed by atoms with Gasteiger partial charge >= 0.3 is 7.82 Å². The normalized spacial score (nSPS) is 13.6. The van der Waals surface area contributed by atoms with Crippen LogP contribution in [-0.2, 0) is 20.0 Å². The zero-order valence-electron chi connectivity index (χ0n) is 24.7. The van der Waals surface area contributed by atoms with E-state index in [4.69, 9.17) is 13.6 Å². The van der Waals surface area contributed by atoms with Crippen LogP contribution in [-0.4, -0.2) is 45.9 Å². The molecule has 1 atom stereocenters. The third kappa shape index (κ3) is 15.4. The molecule has 0 aliphatic heterocycles. The second-order valence-corrected chi connectivity index (χ2v) is 13.2. The Morgan fingerprint density at radius 3 is 1.61 bits per heavy atom. The van der Waals surface area contributed by atoms with Gasteiger partial charge in [0.25, 0.3) is 0 Å². The molecule has 0 aliphatic carbocycles. The fraction of sp³-hybridized carbons (Fsp3) is 0.800. The monoisotopic (exact) mass is 526 g/mol. The molecule has 210 valence electrons. The molecule has 1 aromatic carbocycles. The molecule has 6 heteroatoms. The number of hydrogen-bond donors (Lipinski definition) is 0. The molecule has 36 heavy (non-hydrogen) atoms. The molecular weight excluding hydrogens is 469 g/mol. The third-order valence-electron chi connectivity index (χ3n) is 6.78. The van der Waals surface area contributed by atoms with Crippen LogP contribution in [0, 0.1) is 13.8 Å². The predicted octanol–water partition coefficient (Wildman–Crippen LogP) is 9.18. The van der Waals surface area contributed by atoms with E-state index in [1.54, 1.807) is 0 Å². The number of rotatable bonds is 22. The Morgan fingerprint density at radius 2 is 1.19 bits per heavy atom. The van der Waals surface area contributed by atoms with Crippen LogP contribution in [0.15, 0.2) is 12.1 Å². The summed E-state index contributed by atoms with van der Waals surface area (Å²) >= 11 is 0. The van der Waals surface area contributed by atoms with Crippen molar-refractivity contribution in [2.45, 2.75) is 117 Å². The zero-order chi connectivity index (χ0) is 26.9. The summed E-state index contributed by atoms with van der Waals surface area (Å²) in [5, 5.41) is 0. The molecule has 1 rings (SSSR count). The molecule has 0 N–H and O–H groups in total. The number of benzene rings is 1. The Morgan fingerprint density at radius 1 is 0.750 bits per heavy atom. The SMILES string of the molecule is CCCCCCCCCCCCCCCCc1cc(C)c(OP(=O)(OC)OCC[N+](C)(C)C)c(C)c1. The van der Waals surface area contributed by atoms with E-state index in [9.17, 15) is 4.57 Å². The minimum absolute atomic E-state index is 0.309. The molecule has 0 amide bonds. The predicted molar refractivity (Wildman–Crippen MR) is 154 cm³/mol. The van der Waals surface area contributed by atoms with Crippen molar-refractivity contribution in [3.8, 4) is 5.75 Å². The molecule has 0 saturated heterocycles. The van der Waals surface area contributed by atoms with Crippen molar-refractivity contribution in [3.63, 3.8) is 0 Å². The highest BCUT2D eigenvalue weighted by atomic mass is 31.2. The largest absolute Gasteiger partial charge is 0.530 e. The van der Waals surface area contributed by atoms with Crippen molar-refractivity contribution in [2.24, 2.45) is 0 Å². The van der Waals surface area contributed by atoms with Crippen molar-refractivity contribution in [1.82, 2.24) is 0 Å². The van der Waals surface area contributed by atoms with Crippen LogP contribution in [0.5, 0.6) is 5.75 Å². The fourth-order valence-electron chi connectivity index (χ4n) is 4.51. The number of phosphoric acid groups is 1. The van der Waals surface area contributed by atoms with Crippen LogP contribution in [0.25, 0.3) is 0 Å². The molecule has 0 heterocycles. The molecule has 0 radical (unpaired) electrons. The quantitative estimate of drug-likeness (QED) is 0.0858. The van der Waals surface area contributed by atoms with Crippen LogP contribution in [0.3, 0.4) is 0 Å². The van der Waals surface area contributed by atoms with Crippen LogP contribution < -0.4 is 4.52 Å². The first-order valence-electron chi connectivity index (χ1n) is 14.5. The molecular formula is C30H57NO4P+. The van der Waals surface area contributed by atoms with Crippen LogP contribution in [0.2, 0.25) is 0 Å². The summed E-state index contributed by atoms with van der Waals surface area (Å²) in [6.07, 6.45) is 20.4. The minimum atomic E-state index is -3.64. The molecule has 0 aliphatic rings. The van der Waals surface area contributed by atoms with Crippen LogP contribution in [0.4, 0.5) is 0 Å². The van der Waals surface area contributed by atoms with E-state index < -0.39 is 7.82 Å². The maximum absolute atomic E-state index is 13.0. The van der Waals surface area contributed by atoms with Gasteiger partial charge in [-0.3, -0.25) is 9.05 Å². The van der Waals surface area contributed by atoms with E-state index in [-0.39, 0.29) is 0 Å². The van der Waals surface area contributed by atoms with E-state index in [0.717, 1.165) is 22.0 Å². The number of nitrogens with zero attached hydrogens (tertiary/aromatic N) is 1. The highest BCUT2D eigenvalue weighted by molar-refractivity contribution is 7.48. The van der Waals surface area contributed by atoms with Crippen molar-refractivity contribution in [1.29, 1.82) is 0 Å². The molecule has 0 spiro atoms. The lowest BCUT2D eigenvalue weighted by atomic mass is 10.00. The van der Waals surface area contributed by atoms with E-state index in [0.29, 0.717) is 18.9 Å². The zero-order valence-corrected chi connectivity index (χ0v) is 25.6. The Kier molecular flexibility index (Phi) is 16.9. The van der Waals surface area contributed by atoms with E-state index in [1.807, 2.05) is 13.8 Å². The Balaban J connectivity index is 2.29. The Hall–Kier alpha value is -0.870. The smallest absolute Gasteiger partial charge is 0.403 e. The lowest BCUT2D eigenvalue weighted by molar-refractivity contribution is -0.870. The number of unbranched alkanes of at least 4 members (excludes halogenated alkanes) is 13. The summed E-state index contributed by atoms with van der Waals surface area (Å²) in [6, 6.07) is 4.30. The van der Waals surface area contributed by atoms with Crippen molar-refractivity contribution >= 4 is 7.82 Å². The van der Waals surface area contributed by atoms with E-state index in [1.165, 1.54) is 103 Å². The maximum Gasteiger partial charge on any atom is 0.530 e. The lowest BCUT2D eigenvalue weighted by Crippen LogP contribution is -2.37. The Bertz CT molecular complexity index is 737. The first-order valence-corrected chi connectivity index (χ1v) is 16.0. The van der Waals surface area contributed by atoms with Crippen LogP contribution >= 0.6 is 7.82 Å². The highest BCUT2D eigenvalue weighted by Crippen LogP contribution is 2.50. The van der Waals surface area contributed by atoms with Gasteiger partial charge in [-0.05, 0) is 43.4 Å². The molecule has 0 bridgehead atoms. The van der Waals surface area contributed by atoms with Gasteiger partial charge in [-0.1, -0.05) is 103 Å². The van der Waals surface area contributed by atoms with E-state index in [2.05, 4.69) is 40.2 Å². The molecule has 0 saturated carbocycles. The van der Waals surface area contributed by atoms with Gasteiger partial charge in [-0.2, -0.15) is 0 Å². The van der Waals surface area contributed by atoms with Gasteiger partial charge in [-0.25, -0.2) is 4.57 Å². The summed E-state index contributed by atoms with van der Waals surface area (Å²) in [5.41, 5.74) is 3.26. The maximum atomic E-state index is 13.0. The standard InChI is InChI=1S/C30H57NO4P/c1-8-9-10-11-12-13-14-15-16-17-18-19-20-21-22-29-25-27(2)30(28(3)26-29)35-36(32,33-7)34-24-23-31(4,5)6/h25-26H,8-24H2,1-7H3/q+1. The highest BCUT2D eigenvalue weighted by Gasteiger charge is 2.29. The second-order valence-electron chi connectivity index (χ2n) is 11.5. The summed E-state index contributed by atoms with van der Waals surface area (Å²) in [4.78, 5) is 0. The fourth-order valence-corrected chi connectivity index (χ4v) is 5.56. The number of quaternary nitrogens is 1. The molecule has 1 aromatic rings. The molecule has 0 aromatic heterocycles. The van der Waals surface area contributed by atoms with E-state index >= 15 is 0 Å². The van der Waals surface area contributed by atoms with Gasteiger partial charge < -0.3 is 9.01 Å². The summed E-state index contributed by atoms with van der Waals surface area (Å²) < 4.78 is 30.2. The average Bonchev–Trinajstić information content (AvgIpc) is 2.81. The summed E-state index contributed by atoms with van der Waals surface area (Å²) in [5.74, 6) is 0.607. The first-order chi connectivity index (χ1) is 17.1. The Labute approximate surface area is 223 Å². The lowest BCUT2D eigenvalue weighted by Gasteiger charge is -2.25. The van der Waals surface area contributed by atoms with Gasteiger partial charge in [-0.15, -0.1) is 0 Å². The van der Waals surface area contributed by atoms with Gasteiger partial charge in [0.1, 0.15) is 18.9 Å². The second kappa shape index (κ2) is 18.4. The average molecular weight is 527 g/mol. The van der Waals surface area contributed by atoms with Crippen molar-refractivity contribution < 1.29 is 22.6 Å². The number of likely N-dealkylation sites (N-methyl/N-ethyl adjacent to an activating group) is 1. The third-order valence-corrected chi connectivity index (χ3v) is 8.13. The van der Waals surface area contributed by atoms with Crippen molar-refractivity contribution in [3.05, 3.63) is 28.8 Å². The molecule has 0 fully saturated rings. The number of hydrogen-bond acceptors (Lipinski definition) is 4. The molecule has 1 unspecified atom stereocenters.